The lowest BCUT2D eigenvalue weighted by atomic mass is 9.90. The third kappa shape index (κ3) is 5.95. The van der Waals surface area contributed by atoms with Crippen LogP contribution in [0.1, 0.15) is 41.6 Å². The molecule has 1 aliphatic rings. The minimum absolute atomic E-state index is 0.0789. The van der Waals surface area contributed by atoms with Crippen LogP contribution in [0, 0.1) is 5.92 Å². The molecule has 1 N–H and O–H groups in total. The van der Waals surface area contributed by atoms with Crippen molar-refractivity contribution in [3.05, 3.63) is 71.8 Å². The van der Waals surface area contributed by atoms with Gasteiger partial charge in [-0.15, -0.1) is 0 Å². The zero-order valence-electron chi connectivity index (χ0n) is 15.8. The van der Waals surface area contributed by atoms with Crippen molar-refractivity contribution in [2.24, 2.45) is 5.92 Å². The summed E-state index contributed by atoms with van der Waals surface area (Å²) in [6.07, 6.45) is 4.44. The van der Waals surface area contributed by atoms with Crippen molar-refractivity contribution >= 4 is 11.8 Å². The summed E-state index contributed by atoms with van der Waals surface area (Å²) in [5, 5.41) is 2.88. The van der Waals surface area contributed by atoms with E-state index in [-0.39, 0.29) is 11.8 Å². The summed E-state index contributed by atoms with van der Waals surface area (Å²) < 4.78 is 0. The maximum Gasteiger partial charge on any atom is 0.251 e. The maximum absolute atomic E-state index is 12.4. The Morgan fingerprint density at radius 3 is 2.22 bits per heavy atom. The van der Waals surface area contributed by atoms with Crippen molar-refractivity contribution in [3.63, 3.8) is 0 Å². The van der Waals surface area contributed by atoms with Gasteiger partial charge in [0.25, 0.3) is 5.91 Å². The van der Waals surface area contributed by atoms with Crippen LogP contribution in [-0.2, 0) is 11.2 Å². The van der Waals surface area contributed by atoms with Crippen LogP contribution in [0.4, 0.5) is 0 Å². The van der Waals surface area contributed by atoms with E-state index in [1.165, 1.54) is 5.56 Å². The fourth-order valence-corrected chi connectivity index (χ4v) is 3.63. The highest BCUT2D eigenvalue weighted by molar-refractivity contribution is 5.94. The molecule has 0 bridgehead atoms. The predicted octanol–water partition coefficient (Wildman–Crippen LogP) is 3.68. The van der Waals surface area contributed by atoms with E-state index in [9.17, 15) is 9.59 Å². The average Bonchev–Trinajstić information content (AvgIpc) is 2.73. The van der Waals surface area contributed by atoms with E-state index in [1.54, 1.807) is 12.1 Å². The third-order valence-electron chi connectivity index (χ3n) is 5.22. The molecule has 2 aromatic rings. The van der Waals surface area contributed by atoms with Gasteiger partial charge >= 0.3 is 0 Å². The maximum atomic E-state index is 12.4. The highest BCUT2D eigenvalue weighted by Gasteiger charge is 2.22. The smallest absolute Gasteiger partial charge is 0.251 e. The molecule has 2 aromatic carbocycles. The molecule has 27 heavy (non-hydrogen) atoms. The number of amides is 2. The summed E-state index contributed by atoms with van der Waals surface area (Å²) in [7, 11) is 0. The van der Waals surface area contributed by atoms with Gasteiger partial charge in [-0.25, -0.2) is 0 Å². The van der Waals surface area contributed by atoms with Crippen molar-refractivity contribution in [3.8, 4) is 0 Å². The second kappa shape index (κ2) is 9.91. The topological polar surface area (TPSA) is 49.4 Å². The van der Waals surface area contributed by atoms with Crippen molar-refractivity contribution in [1.82, 2.24) is 10.2 Å². The second-order valence-corrected chi connectivity index (χ2v) is 7.24. The summed E-state index contributed by atoms with van der Waals surface area (Å²) in [5.74, 6) is 0.800. The summed E-state index contributed by atoms with van der Waals surface area (Å²) in [5.41, 5.74) is 2.04. The van der Waals surface area contributed by atoms with Gasteiger partial charge in [-0.3, -0.25) is 9.59 Å². The fourth-order valence-electron chi connectivity index (χ4n) is 3.63. The van der Waals surface area contributed by atoms with Gasteiger partial charge in [0.05, 0.1) is 0 Å². The Hall–Kier alpha value is -2.62. The van der Waals surface area contributed by atoms with Gasteiger partial charge in [0.2, 0.25) is 5.91 Å². The largest absolute Gasteiger partial charge is 0.352 e. The van der Waals surface area contributed by atoms with Crippen molar-refractivity contribution in [2.75, 3.05) is 19.6 Å². The quantitative estimate of drug-likeness (QED) is 0.762. The first kappa shape index (κ1) is 19.2. The Morgan fingerprint density at radius 1 is 0.926 bits per heavy atom. The molecule has 142 valence electrons. The van der Waals surface area contributed by atoms with Gasteiger partial charge in [0.1, 0.15) is 0 Å². The van der Waals surface area contributed by atoms with E-state index >= 15 is 0 Å². The molecule has 1 fully saturated rings. The van der Waals surface area contributed by atoms with Crippen LogP contribution in [0.3, 0.4) is 0 Å². The molecule has 1 heterocycles. The van der Waals surface area contributed by atoms with Gasteiger partial charge in [0, 0.05) is 31.6 Å². The number of hydrogen-bond donors (Lipinski definition) is 1. The van der Waals surface area contributed by atoms with Gasteiger partial charge in [-0.2, -0.15) is 0 Å². The lowest BCUT2D eigenvalue weighted by Gasteiger charge is -2.32. The number of hydrogen-bond acceptors (Lipinski definition) is 2. The highest BCUT2D eigenvalue weighted by atomic mass is 16.2. The number of rotatable bonds is 7. The molecular formula is C23H28N2O2. The van der Waals surface area contributed by atoms with Crippen LogP contribution in [0.25, 0.3) is 0 Å². The molecule has 0 atom stereocenters. The van der Waals surface area contributed by atoms with E-state index < -0.39 is 0 Å². The molecule has 0 aliphatic carbocycles. The number of nitrogens with zero attached hydrogens (tertiary/aromatic N) is 1. The van der Waals surface area contributed by atoms with Crippen LogP contribution in [0.5, 0.6) is 0 Å². The number of nitrogens with one attached hydrogen (secondary N) is 1. The number of carbonyl (C=O) groups excluding carboxylic acids is 2. The Morgan fingerprint density at radius 2 is 1.56 bits per heavy atom. The molecule has 0 aromatic heterocycles. The molecule has 3 rings (SSSR count). The van der Waals surface area contributed by atoms with Gasteiger partial charge in [0.15, 0.2) is 0 Å². The van der Waals surface area contributed by atoms with E-state index in [2.05, 4.69) is 29.6 Å². The predicted molar refractivity (Wildman–Crippen MR) is 107 cm³/mol. The molecule has 0 unspecified atom stereocenters. The van der Waals surface area contributed by atoms with Gasteiger partial charge in [-0.05, 0) is 49.3 Å². The summed E-state index contributed by atoms with van der Waals surface area (Å²) in [6.45, 7) is 2.24. The number of piperidine rings is 1. The Balaban J connectivity index is 1.32. The highest BCUT2D eigenvalue weighted by Crippen LogP contribution is 2.22. The Bertz CT molecular complexity index is 723. The lowest BCUT2D eigenvalue weighted by Crippen LogP contribution is -2.39. The Kier molecular flexibility index (Phi) is 7.03. The molecule has 1 aliphatic heterocycles. The van der Waals surface area contributed by atoms with Crippen molar-refractivity contribution < 1.29 is 9.59 Å². The van der Waals surface area contributed by atoms with Crippen LogP contribution in [-0.4, -0.2) is 36.3 Å². The summed E-state index contributed by atoms with van der Waals surface area (Å²) in [4.78, 5) is 26.3. The normalized spacial score (nSPS) is 14.7. The second-order valence-electron chi connectivity index (χ2n) is 7.24. The van der Waals surface area contributed by atoms with Crippen molar-refractivity contribution in [2.45, 2.75) is 32.1 Å². The lowest BCUT2D eigenvalue weighted by molar-refractivity contribution is -0.132. The zero-order chi connectivity index (χ0) is 18.9. The van der Waals surface area contributed by atoms with Gasteiger partial charge in [-0.1, -0.05) is 48.5 Å². The molecule has 0 spiro atoms. The summed E-state index contributed by atoms with van der Waals surface area (Å²) >= 11 is 0. The molecule has 4 heteroatoms. The van der Waals surface area contributed by atoms with Crippen molar-refractivity contribution in [1.29, 1.82) is 0 Å². The number of carbonyl (C=O) groups is 2. The molecule has 0 radical (unpaired) electrons. The Labute approximate surface area is 161 Å². The number of likely N-dealkylation sites (tertiary alicyclic amines) is 1. The van der Waals surface area contributed by atoms with Crippen LogP contribution < -0.4 is 5.32 Å². The summed E-state index contributed by atoms with van der Waals surface area (Å²) in [6, 6.07) is 19.8. The van der Waals surface area contributed by atoms with Crippen LogP contribution in [0.2, 0.25) is 0 Å². The van der Waals surface area contributed by atoms with Crippen LogP contribution >= 0.6 is 0 Å². The first-order chi connectivity index (χ1) is 13.2. The first-order valence-corrected chi connectivity index (χ1v) is 9.87. The van der Waals surface area contributed by atoms with E-state index in [0.717, 1.165) is 32.4 Å². The molecule has 4 nitrogen and oxygen atoms in total. The van der Waals surface area contributed by atoms with E-state index in [4.69, 9.17) is 0 Å². The average molecular weight is 364 g/mol. The third-order valence-corrected chi connectivity index (χ3v) is 5.22. The standard InChI is InChI=1S/C23H28N2O2/c26-22(12-7-15-24-23(27)21-10-5-2-6-11-21)25-16-13-20(14-17-25)18-19-8-3-1-4-9-19/h1-6,8-11,20H,7,12-18H2,(H,24,27). The van der Waals surface area contributed by atoms with Gasteiger partial charge < -0.3 is 10.2 Å². The zero-order valence-corrected chi connectivity index (χ0v) is 15.8. The van der Waals surface area contributed by atoms with E-state index in [0.29, 0.717) is 30.9 Å². The monoisotopic (exact) mass is 364 g/mol. The molecular weight excluding hydrogens is 336 g/mol. The minimum atomic E-state index is -0.0789. The number of benzene rings is 2. The van der Waals surface area contributed by atoms with Crippen LogP contribution in [0.15, 0.2) is 60.7 Å². The SMILES string of the molecule is O=C(NCCCC(=O)N1CCC(Cc2ccccc2)CC1)c1ccccc1. The molecule has 2 amide bonds. The molecule has 0 saturated carbocycles. The fraction of sp³-hybridized carbons (Fsp3) is 0.391. The first-order valence-electron chi connectivity index (χ1n) is 9.87. The molecule has 1 saturated heterocycles. The minimum Gasteiger partial charge on any atom is -0.352 e. The van der Waals surface area contributed by atoms with E-state index in [1.807, 2.05) is 29.2 Å².